The van der Waals surface area contributed by atoms with E-state index in [0.717, 1.165) is 56.5 Å². The Bertz CT molecular complexity index is 547. The summed E-state index contributed by atoms with van der Waals surface area (Å²) in [5.74, 6) is 1.79. The smallest absolute Gasteiger partial charge is 0.191 e. The maximum Gasteiger partial charge on any atom is 0.191 e. The summed E-state index contributed by atoms with van der Waals surface area (Å²) >= 11 is 0. The molecule has 0 saturated carbocycles. The molecule has 0 amide bonds. The van der Waals surface area contributed by atoms with Crippen molar-refractivity contribution in [3.63, 3.8) is 0 Å². The van der Waals surface area contributed by atoms with Crippen LogP contribution < -0.4 is 15.4 Å². The van der Waals surface area contributed by atoms with E-state index in [9.17, 15) is 0 Å². The van der Waals surface area contributed by atoms with Crippen LogP contribution in [0.3, 0.4) is 0 Å². The first-order valence-electron chi connectivity index (χ1n) is 9.94. The van der Waals surface area contributed by atoms with Gasteiger partial charge in [0.1, 0.15) is 5.75 Å². The second-order valence-corrected chi connectivity index (χ2v) is 6.44. The van der Waals surface area contributed by atoms with Crippen molar-refractivity contribution in [3.05, 3.63) is 29.8 Å². The average molecular weight is 489 g/mol. The molecule has 0 spiro atoms. The highest BCUT2D eigenvalue weighted by molar-refractivity contribution is 14.0. The van der Waals surface area contributed by atoms with Crippen molar-refractivity contribution >= 4 is 29.9 Å². The van der Waals surface area contributed by atoms with Crippen LogP contribution in [0.4, 0.5) is 0 Å². The van der Waals surface area contributed by atoms with Gasteiger partial charge in [0, 0.05) is 51.4 Å². The van der Waals surface area contributed by atoms with Gasteiger partial charge in [-0.3, -0.25) is 4.90 Å². The van der Waals surface area contributed by atoms with Gasteiger partial charge in [0.2, 0.25) is 0 Å². The molecule has 0 aromatic heterocycles. The first kappa shape index (κ1) is 24.0. The average Bonchev–Trinajstić information content (AvgIpc) is 2.68. The van der Waals surface area contributed by atoms with E-state index < -0.39 is 0 Å². The third-order valence-corrected chi connectivity index (χ3v) is 4.66. The van der Waals surface area contributed by atoms with Crippen molar-refractivity contribution in [2.75, 3.05) is 59.0 Å². The lowest BCUT2D eigenvalue weighted by Gasteiger charge is -2.34. The van der Waals surface area contributed by atoms with Gasteiger partial charge in [0.25, 0.3) is 0 Å². The van der Waals surface area contributed by atoms with Crippen molar-refractivity contribution in [2.45, 2.75) is 27.3 Å². The Hall–Kier alpha value is -1.06. The maximum atomic E-state index is 5.69. The van der Waals surface area contributed by atoms with Crippen LogP contribution in [-0.4, -0.2) is 74.7 Å². The van der Waals surface area contributed by atoms with Crippen LogP contribution in [0.5, 0.6) is 5.75 Å². The summed E-state index contributed by atoms with van der Waals surface area (Å²) in [5.41, 5.74) is 1.11. The summed E-state index contributed by atoms with van der Waals surface area (Å²) in [6, 6.07) is 8.11. The lowest BCUT2D eigenvalue weighted by molar-refractivity contribution is 0.139. The number of likely N-dealkylation sites (N-methyl/N-ethyl adjacent to an activating group) is 1. The van der Waals surface area contributed by atoms with E-state index in [2.05, 4.69) is 40.3 Å². The lowest BCUT2D eigenvalue weighted by atomic mass is 10.2. The predicted molar refractivity (Wildman–Crippen MR) is 124 cm³/mol. The Balaban J connectivity index is 0.00000364. The van der Waals surface area contributed by atoms with Crippen molar-refractivity contribution in [1.29, 1.82) is 0 Å². The van der Waals surface area contributed by atoms with Gasteiger partial charge in [-0.2, -0.15) is 0 Å². The van der Waals surface area contributed by atoms with Gasteiger partial charge in [-0.05, 0) is 26.5 Å². The number of aliphatic imine (C=N–C) groups is 1. The molecule has 1 aliphatic heterocycles. The molecule has 0 atom stereocenters. The summed E-state index contributed by atoms with van der Waals surface area (Å²) in [7, 11) is 0. The van der Waals surface area contributed by atoms with Crippen LogP contribution in [0, 0.1) is 0 Å². The lowest BCUT2D eigenvalue weighted by Crippen LogP contribution is -2.49. The standard InChI is InChI=1S/C20H35N5O.HI/c1-4-21-20(22-11-12-25-15-13-24(5-2)14-16-25)23-17-18-9-7-8-10-19(18)26-6-3;/h7-10H,4-6,11-17H2,1-3H3,(H2,21,22,23);1H. The molecular weight excluding hydrogens is 453 g/mol. The topological polar surface area (TPSA) is 52.1 Å². The molecule has 1 heterocycles. The Labute approximate surface area is 181 Å². The van der Waals surface area contributed by atoms with E-state index in [4.69, 9.17) is 9.73 Å². The number of benzene rings is 1. The van der Waals surface area contributed by atoms with Gasteiger partial charge in [-0.15, -0.1) is 24.0 Å². The fraction of sp³-hybridized carbons (Fsp3) is 0.650. The molecular formula is C20H36IN5O. The van der Waals surface area contributed by atoms with E-state index in [1.807, 2.05) is 25.1 Å². The Morgan fingerprint density at radius 1 is 1.04 bits per heavy atom. The molecule has 0 bridgehead atoms. The van der Waals surface area contributed by atoms with Gasteiger partial charge in [-0.1, -0.05) is 25.1 Å². The number of nitrogens with one attached hydrogen (secondary N) is 2. The van der Waals surface area contributed by atoms with Gasteiger partial charge < -0.3 is 20.3 Å². The number of hydrogen-bond acceptors (Lipinski definition) is 4. The van der Waals surface area contributed by atoms with Crippen LogP contribution in [0.15, 0.2) is 29.3 Å². The molecule has 2 N–H and O–H groups in total. The number of rotatable bonds is 9. The summed E-state index contributed by atoms with van der Waals surface area (Å²) in [6.45, 7) is 16.3. The largest absolute Gasteiger partial charge is 0.494 e. The van der Waals surface area contributed by atoms with Gasteiger partial charge in [-0.25, -0.2) is 4.99 Å². The Kier molecular flexibility index (Phi) is 12.4. The highest BCUT2D eigenvalue weighted by atomic mass is 127. The molecule has 27 heavy (non-hydrogen) atoms. The fourth-order valence-electron chi connectivity index (χ4n) is 3.10. The molecule has 1 saturated heterocycles. The van der Waals surface area contributed by atoms with Crippen LogP contribution in [0.25, 0.3) is 0 Å². The summed E-state index contributed by atoms with van der Waals surface area (Å²) in [4.78, 5) is 9.75. The monoisotopic (exact) mass is 489 g/mol. The second-order valence-electron chi connectivity index (χ2n) is 6.44. The van der Waals surface area contributed by atoms with Gasteiger partial charge in [0.15, 0.2) is 5.96 Å². The van der Waals surface area contributed by atoms with Crippen LogP contribution in [0.1, 0.15) is 26.3 Å². The minimum absolute atomic E-state index is 0. The third kappa shape index (κ3) is 8.66. The minimum atomic E-state index is 0. The van der Waals surface area contributed by atoms with Crippen molar-refractivity contribution < 1.29 is 4.74 Å². The third-order valence-electron chi connectivity index (χ3n) is 4.66. The number of hydrogen-bond donors (Lipinski definition) is 2. The van der Waals surface area contributed by atoms with Gasteiger partial charge >= 0.3 is 0 Å². The van der Waals surface area contributed by atoms with E-state index in [1.165, 1.54) is 13.1 Å². The van der Waals surface area contributed by atoms with E-state index in [-0.39, 0.29) is 24.0 Å². The zero-order valence-corrected chi connectivity index (χ0v) is 19.4. The maximum absolute atomic E-state index is 5.69. The molecule has 1 aromatic rings. The Morgan fingerprint density at radius 3 is 2.41 bits per heavy atom. The zero-order chi connectivity index (χ0) is 18.6. The first-order valence-corrected chi connectivity index (χ1v) is 9.94. The number of para-hydroxylation sites is 1. The van der Waals surface area contributed by atoms with Crippen molar-refractivity contribution in [2.24, 2.45) is 4.99 Å². The first-order chi connectivity index (χ1) is 12.8. The molecule has 6 nitrogen and oxygen atoms in total. The quantitative estimate of drug-likeness (QED) is 0.317. The molecule has 1 fully saturated rings. The highest BCUT2D eigenvalue weighted by Gasteiger charge is 2.14. The molecule has 2 rings (SSSR count). The molecule has 7 heteroatoms. The molecule has 0 aliphatic carbocycles. The SMILES string of the molecule is CCNC(=NCc1ccccc1OCC)NCCN1CCN(CC)CC1.I. The van der Waals surface area contributed by atoms with Crippen LogP contribution in [-0.2, 0) is 6.54 Å². The number of nitrogens with zero attached hydrogens (tertiary/aromatic N) is 3. The summed E-state index contributed by atoms with van der Waals surface area (Å²) < 4.78 is 5.69. The summed E-state index contributed by atoms with van der Waals surface area (Å²) in [5, 5.41) is 6.79. The predicted octanol–water partition coefficient (Wildman–Crippen LogP) is 2.40. The number of halogens is 1. The van der Waals surface area contributed by atoms with E-state index in [0.29, 0.717) is 13.2 Å². The number of guanidine groups is 1. The second kappa shape index (κ2) is 14.0. The summed E-state index contributed by atoms with van der Waals surface area (Å²) in [6.07, 6.45) is 0. The van der Waals surface area contributed by atoms with Crippen molar-refractivity contribution in [1.82, 2.24) is 20.4 Å². The molecule has 1 aromatic carbocycles. The van der Waals surface area contributed by atoms with Crippen molar-refractivity contribution in [3.8, 4) is 5.75 Å². The van der Waals surface area contributed by atoms with Crippen LogP contribution in [0.2, 0.25) is 0 Å². The molecule has 1 aliphatic rings. The van der Waals surface area contributed by atoms with Gasteiger partial charge in [0.05, 0.1) is 13.2 Å². The normalized spacial score (nSPS) is 15.9. The number of piperazine rings is 1. The zero-order valence-electron chi connectivity index (χ0n) is 17.0. The highest BCUT2D eigenvalue weighted by Crippen LogP contribution is 2.18. The minimum Gasteiger partial charge on any atom is -0.494 e. The number of ether oxygens (including phenoxy) is 1. The van der Waals surface area contributed by atoms with E-state index >= 15 is 0 Å². The molecule has 0 unspecified atom stereocenters. The Morgan fingerprint density at radius 2 is 1.74 bits per heavy atom. The van der Waals surface area contributed by atoms with Crippen LogP contribution >= 0.6 is 24.0 Å². The molecule has 0 radical (unpaired) electrons. The fourth-order valence-corrected chi connectivity index (χ4v) is 3.10. The molecule has 154 valence electrons. The van der Waals surface area contributed by atoms with E-state index in [1.54, 1.807) is 0 Å².